The predicted octanol–water partition coefficient (Wildman–Crippen LogP) is 7.21. The highest BCUT2D eigenvalue weighted by Crippen LogP contribution is 2.40. The quantitative estimate of drug-likeness (QED) is 0.415. The molecule has 1 atom stereocenters. The lowest BCUT2D eigenvalue weighted by Crippen LogP contribution is -2.43. The zero-order chi connectivity index (χ0) is 23.7. The Labute approximate surface area is 203 Å². The lowest BCUT2D eigenvalue weighted by atomic mass is 9.82. The number of carbonyl (C=O) groups excluding carboxylic acids is 1. The summed E-state index contributed by atoms with van der Waals surface area (Å²) < 4.78 is 30.4. The smallest absolute Gasteiger partial charge is 0.243 e. The Morgan fingerprint density at radius 3 is 2.32 bits per heavy atom. The molecule has 4 nitrogen and oxygen atoms in total. The summed E-state index contributed by atoms with van der Waals surface area (Å²) in [5.74, 6) is -1.40. The van der Waals surface area contributed by atoms with E-state index in [1.165, 1.54) is 12.5 Å². The van der Waals surface area contributed by atoms with E-state index in [-0.39, 0.29) is 17.9 Å². The first-order valence-corrected chi connectivity index (χ1v) is 12.8. The van der Waals surface area contributed by atoms with E-state index in [1.807, 2.05) is 22.8 Å². The first kappa shape index (κ1) is 23.3. The van der Waals surface area contributed by atoms with Crippen LogP contribution < -0.4 is 5.32 Å². The Balaban J connectivity index is 1.67. The molecule has 1 aromatic heterocycles. The van der Waals surface area contributed by atoms with E-state index in [0.29, 0.717) is 27.4 Å². The van der Waals surface area contributed by atoms with Crippen LogP contribution in [-0.2, 0) is 4.79 Å². The van der Waals surface area contributed by atoms with Crippen molar-refractivity contribution in [1.82, 2.24) is 14.9 Å². The first-order chi connectivity index (χ1) is 16.5. The molecule has 0 radical (unpaired) electrons. The summed E-state index contributed by atoms with van der Waals surface area (Å²) in [5, 5.41) is 3.78. The van der Waals surface area contributed by atoms with E-state index >= 15 is 0 Å². The van der Waals surface area contributed by atoms with Crippen LogP contribution in [0.3, 0.4) is 0 Å². The van der Waals surface area contributed by atoms with Crippen molar-refractivity contribution in [1.29, 1.82) is 0 Å². The first-order valence-electron chi connectivity index (χ1n) is 12.4. The number of amides is 1. The second-order valence-electron chi connectivity index (χ2n) is 9.73. The van der Waals surface area contributed by atoms with Crippen molar-refractivity contribution in [3.63, 3.8) is 0 Å². The molecule has 1 heterocycles. The van der Waals surface area contributed by atoms with E-state index in [1.54, 1.807) is 6.07 Å². The number of halogens is 3. The molecule has 180 valence electrons. The van der Waals surface area contributed by atoms with Gasteiger partial charge < -0.3 is 9.88 Å². The van der Waals surface area contributed by atoms with Crippen LogP contribution in [0.25, 0.3) is 22.4 Å². The van der Waals surface area contributed by atoms with E-state index in [0.717, 1.165) is 63.9 Å². The number of nitrogens with one attached hydrogen (secondary N) is 1. The molecule has 1 unspecified atom stereocenters. The van der Waals surface area contributed by atoms with Crippen LogP contribution in [0.5, 0.6) is 0 Å². The minimum absolute atomic E-state index is 0.0591. The van der Waals surface area contributed by atoms with Crippen molar-refractivity contribution in [2.24, 2.45) is 5.92 Å². The van der Waals surface area contributed by atoms with Gasteiger partial charge >= 0.3 is 0 Å². The highest BCUT2D eigenvalue weighted by molar-refractivity contribution is 6.33. The summed E-state index contributed by atoms with van der Waals surface area (Å²) in [5.41, 5.74) is 1.38. The zero-order valence-corrected chi connectivity index (χ0v) is 20.0. The van der Waals surface area contributed by atoms with Gasteiger partial charge in [-0.05, 0) is 43.7 Å². The van der Waals surface area contributed by atoms with Gasteiger partial charge in [0.1, 0.15) is 11.9 Å². The van der Waals surface area contributed by atoms with Gasteiger partial charge in [0.15, 0.2) is 11.6 Å². The fraction of sp³-hybridized carbons (Fsp3) is 0.481. The Bertz CT molecular complexity index is 1180. The molecular formula is C27H30ClF2N3O. The normalized spacial score (nSPS) is 18.8. The van der Waals surface area contributed by atoms with Gasteiger partial charge in [0.25, 0.3) is 0 Å². The minimum Gasteiger partial charge on any atom is -0.352 e. The largest absolute Gasteiger partial charge is 0.352 e. The number of hydrogen-bond acceptors (Lipinski definition) is 2. The van der Waals surface area contributed by atoms with E-state index in [2.05, 4.69) is 10.3 Å². The minimum atomic E-state index is -0.955. The average Bonchev–Trinajstić information content (AvgIpc) is 3.18. The van der Waals surface area contributed by atoms with Gasteiger partial charge in [-0.3, -0.25) is 4.79 Å². The third kappa shape index (κ3) is 4.57. The van der Waals surface area contributed by atoms with Crippen LogP contribution in [-0.4, -0.2) is 21.5 Å². The topological polar surface area (TPSA) is 46.9 Å². The van der Waals surface area contributed by atoms with Crippen LogP contribution >= 0.6 is 11.6 Å². The number of nitrogens with zero attached hydrogens (tertiary/aromatic N) is 2. The molecule has 0 aliphatic heterocycles. The molecule has 5 rings (SSSR count). The van der Waals surface area contributed by atoms with Crippen molar-refractivity contribution in [3.05, 3.63) is 53.1 Å². The van der Waals surface area contributed by atoms with Crippen LogP contribution in [0, 0.1) is 17.6 Å². The van der Waals surface area contributed by atoms with Gasteiger partial charge in [-0.2, -0.15) is 0 Å². The summed E-state index contributed by atoms with van der Waals surface area (Å²) in [6.07, 6.45) is 10.5. The molecule has 2 aliphatic rings. The maximum absolute atomic E-state index is 14.5. The Kier molecular flexibility index (Phi) is 6.87. The number of hydrogen-bond donors (Lipinski definition) is 1. The Hall–Kier alpha value is -2.47. The maximum atomic E-state index is 14.5. The maximum Gasteiger partial charge on any atom is 0.243 e. The van der Waals surface area contributed by atoms with E-state index in [4.69, 9.17) is 11.6 Å². The van der Waals surface area contributed by atoms with Crippen LogP contribution in [0.4, 0.5) is 8.78 Å². The van der Waals surface area contributed by atoms with Gasteiger partial charge in [0.05, 0.1) is 16.1 Å². The fourth-order valence-corrected chi connectivity index (χ4v) is 5.95. The molecule has 7 heteroatoms. The second kappa shape index (κ2) is 10.0. The summed E-state index contributed by atoms with van der Waals surface area (Å²) >= 11 is 6.54. The van der Waals surface area contributed by atoms with Crippen molar-refractivity contribution in [2.45, 2.75) is 76.3 Å². The molecule has 3 aromatic rings. The van der Waals surface area contributed by atoms with Gasteiger partial charge in [-0.25, -0.2) is 13.8 Å². The molecule has 34 heavy (non-hydrogen) atoms. The van der Waals surface area contributed by atoms with E-state index in [9.17, 15) is 13.6 Å². The lowest BCUT2D eigenvalue weighted by molar-refractivity contribution is -0.127. The van der Waals surface area contributed by atoms with Crippen molar-refractivity contribution < 1.29 is 13.6 Å². The monoisotopic (exact) mass is 485 g/mol. The number of benzene rings is 2. The van der Waals surface area contributed by atoms with Crippen LogP contribution in [0.2, 0.25) is 5.02 Å². The third-order valence-electron chi connectivity index (χ3n) is 7.44. The predicted molar refractivity (Wildman–Crippen MR) is 131 cm³/mol. The molecule has 0 bridgehead atoms. The van der Waals surface area contributed by atoms with Gasteiger partial charge in [0, 0.05) is 23.7 Å². The molecule has 0 saturated heterocycles. The molecule has 2 aliphatic carbocycles. The average molecular weight is 486 g/mol. The third-order valence-corrected chi connectivity index (χ3v) is 7.77. The van der Waals surface area contributed by atoms with Crippen molar-refractivity contribution in [3.8, 4) is 11.4 Å². The number of fused-ring (bicyclic) bond motifs is 1. The molecule has 1 amide bonds. The number of aromatic nitrogens is 2. The van der Waals surface area contributed by atoms with Crippen LogP contribution in [0.15, 0.2) is 36.4 Å². The standard InChI is InChI=1S/C27H30ClF2N3O/c28-20-14-8-7-13-19(20)26-32-23-15-21(29)22(30)16-24(23)33(26)25(17-9-3-1-4-10-17)27(34)31-18-11-5-2-6-12-18/h7-8,13-18,25H,1-6,9-12H2,(H,31,34). The van der Waals surface area contributed by atoms with Crippen molar-refractivity contribution in [2.75, 3.05) is 0 Å². The van der Waals surface area contributed by atoms with Gasteiger partial charge in [-0.15, -0.1) is 0 Å². The highest BCUT2D eigenvalue weighted by atomic mass is 35.5. The molecule has 0 spiro atoms. The Morgan fingerprint density at radius 1 is 0.971 bits per heavy atom. The summed E-state index contributed by atoms with van der Waals surface area (Å²) in [4.78, 5) is 18.6. The van der Waals surface area contributed by atoms with Crippen molar-refractivity contribution >= 4 is 28.5 Å². The number of rotatable bonds is 5. The lowest BCUT2D eigenvalue weighted by Gasteiger charge is -2.34. The van der Waals surface area contributed by atoms with Gasteiger partial charge in [0.2, 0.25) is 5.91 Å². The van der Waals surface area contributed by atoms with E-state index < -0.39 is 17.7 Å². The van der Waals surface area contributed by atoms with Gasteiger partial charge in [-0.1, -0.05) is 62.3 Å². The number of imidazole rings is 1. The number of carbonyl (C=O) groups is 1. The molecular weight excluding hydrogens is 456 g/mol. The summed E-state index contributed by atoms with van der Waals surface area (Å²) in [7, 11) is 0. The second-order valence-corrected chi connectivity index (χ2v) is 10.1. The SMILES string of the molecule is O=C(NC1CCCCC1)C(C1CCCCC1)n1c(-c2ccccc2Cl)nc2cc(F)c(F)cc21. The zero-order valence-electron chi connectivity index (χ0n) is 19.2. The molecule has 2 aromatic carbocycles. The summed E-state index contributed by atoms with van der Waals surface area (Å²) in [6.45, 7) is 0. The molecule has 1 N–H and O–H groups in total. The Morgan fingerprint density at radius 2 is 1.62 bits per heavy atom. The van der Waals surface area contributed by atoms with Crippen LogP contribution in [0.1, 0.15) is 70.3 Å². The fourth-order valence-electron chi connectivity index (χ4n) is 5.73. The summed E-state index contributed by atoms with van der Waals surface area (Å²) in [6, 6.07) is 9.14. The molecule has 2 fully saturated rings. The molecule has 2 saturated carbocycles. The highest BCUT2D eigenvalue weighted by Gasteiger charge is 2.36.